The number of hydrogen-bond donors (Lipinski definition) is 1. The normalized spacial score (nSPS) is 10.4. The molecule has 2 aromatic rings. The van der Waals surface area contributed by atoms with Gasteiger partial charge in [-0.15, -0.1) is 0 Å². The van der Waals surface area contributed by atoms with Gasteiger partial charge in [0.2, 0.25) is 5.91 Å². The lowest BCUT2D eigenvalue weighted by atomic mass is 10.1. The molecule has 0 aliphatic heterocycles. The van der Waals surface area contributed by atoms with Crippen molar-refractivity contribution in [3.8, 4) is 5.75 Å². The Morgan fingerprint density at radius 3 is 2.95 bits per heavy atom. The number of carbonyl (C=O) groups is 1. The summed E-state index contributed by atoms with van der Waals surface area (Å²) in [7, 11) is 0. The molecular formula is C15H19N3O3. The van der Waals surface area contributed by atoms with Crippen molar-refractivity contribution in [1.29, 1.82) is 0 Å². The summed E-state index contributed by atoms with van der Waals surface area (Å²) in [4.78, 5) is 15.8. The standard InChI is InChI=1S/C15H19N3O3/c1-11-14(12(2)21-18-11)9-15(19)17-7-4-8-20-13-5-3-6-16-10-13/h3,5-6,10H,4,7-9H2,1-2H3,(H,17,19). The van der Waals surface area contributed by atoms with E-state index in [-0.39, 0.29) is 5.91 Å². The molecule has 0 saturated carbocycles. The van der Waals surface area contributed by atoms with Crippen LogP contribution in [0.2, 0.25) is 0 Å². The maximum absolute atomic E-state index is 11.8. The average molecular weight is 289 g/mol. The van der Waals surface area contributed by atoms with Crippen molar-refractivity contribution in [2.75, 3.05) is 13.2 Å². The van der Waals surface area contributed by atoms with Gasteiger partial charge < -0.3 is 14.6 Å². The minimum atomic E-state index is -0.0363. The minimum Gasteiger partial charge on any atom is -0.492 e. The highest BCUT2D eigenvalue weighted by Gasteiger charge is 2.12. The summed E-state index contributed by atoms with van der Waals surface area (Å²) in [6, 6.07) is 3.67. The van der Waals surface area contributed by atoms with E-state index >= 15 is 0 Å². The van der Waals surface area contributed by atoms with Gasteiger partial charge in [0.05, 0.1) is 24.9 Å². The molecule has 0 aromatic carbocycles. The number of nitrogens with zero attached hydrogens (tertiary/aromatic N) is 2. The van der Waals surface area contributed by atoms with Gasteiger partial charge in [-0.3, -0.25) is 9.78 Å². The van der Waals surface area contributed by atoms with Gasteiger partial charge in [-0.2, -0.15) is 0 Å². The van der Waals surface area contributed by atoms with E-state index in [4.69, 9.17) is 9.26 Å². The second-order valence-corrected chi connectivity index (χ2v) is 4.72. The molecule has 21 heavy (non-hydrogen) atoms. The Labute approximate surface area is 123 Å². The van der Waals surface area contributed by atoms with E-state index in [0.717, 1.165) is 23.4 Å². The van der Waals surface area contributed by atoms with Crippen molar-refractivity contribution < 1.29 is 14.1 Å². The summed E-state index contributed by atoms with van der Waals surface area (Å²) in [6.07, 6.45) is 4.39. The first-order valence-electron chi connectivity index (χ1n) is 6.88. The predicted molar refractivity (Wildman–Crippen MR) is 77.0 cm³/mol. The van der Waals surface area contributed by atoms with Crippen molar-refractivity contribution in [2.45, 2.75) is 26.7 Å². The number of carbonyl (C=O) groups excluding carboxylic acids is 1. The van der Waals surface area contributed by atoms with Crippen molar-refractivity contribution in [3.05, 3.63) is 41.5 Å². The van der Waals surface area contributed by atoms with Crippen molar-refractivity contribution in [3.63, 3.8) is 0 Å². The number of amides is 1. The molecule has 2 rings (SSSR count). The van der Waals surface area contributed by atoms with Crippen LogP contribution in [0.25, 0.3) is 0 Å². The van der Waals surface area contributed by atoms with E-state index in [1.54, 1.807) is 12.4 Å². The van der Waals surface area contributed by atoms with Gasteiger partial charge in [-0.05, 0) is 32.4 Å². The lowest BCUT2D eigenvalue weighted by Gasteiger charge is -2.07. The van der Waals surface area contributed by atoms with Crippen molar-refractivity contribution in [2.24, 2.45) is 0 Å². The molecule has 0 fully saturated rings. The van der Waals surface area contributed by atoms with Gasteiger partial charge >= 0.3 is 0 Å². The molecule has 112 valence electrons. The molecule has 6 heteroatoms. The number of aryl methyl sites for hydroxylation is 2. The van der Waals surface area contributed by atoms with Gasteiger partial charge in [0.15, 0.2) is 0 Å². The number of rotatable bonds is 7. The number of ether oxygens (including phenoxy) is 1. The van der Waals surface area contributed by atoms with Gasteiger partial charge in [-0.25, -0.2) is 0 Å². The highest BCUT2D eigenvalue weighted by Crippen LogP contribution is 2.12. The zero-order valence-electron chi connectivity index (χ0n) is 12.3. The molecule has 2 aromatic heterocycles. The minimum absolute atomic E-state index is 0.0363. The number of hydrogen-bond acceptors (Lipinski definition) is 5. The Kier molecular flexibility index (Phi) is 5.31. The van der Waals surface area contributed by atoms with Crippen LogP contribution in [0.3, 0.4) is 0 Å². The highest BCUT2D eigenvalue weighted by atomic mass is 16.5. The average Bonchev–Trinajstić information content (AvgIpc) is 2.80. The van der Waals surface area contributed by atoms with E-state index < -0.39 is 0 Å². The van der Waals surface area contributed by atoms with Crippen LogP contribution < -0.4 is 10.1 Å². The molecule has 0 saturated heterocycles. The summed E-state index contributed by atoms with van der Waals surface area (Å²) < 4.78 is 10.5. The summed E-state index contributed by atoms with van der Waals surface area (Å²) in [5, 5.41) is 6.69. The molecule has 2 heterocycles. The van der Waals surface area contributed by atoms with Gasteiger partial charge in [0, 0.05) is 18.3 Å². The summed E-state index contributed by atoms with van der Waals surface area (Å²) >= 11 is 0. The smallest absolute Gasteiger partial charge is 0.224 e. The van der Waals surface area contributed by atoms with E-state index in [0.29, 0.717) is 25.3 Å². The second kappa shape index (κ2) is 7.42. The SMILES string of the molecule is Cc1noc(C)c1CC(=O)NCCCOc1cccnc1. The summed E-state index contributed by atoms with van der Waals surface area (Å²) in [6.45, 7) is 4.75. The third kappa shape index (κ3) is 4.59. The first kappa shape index (κ1) is 15.0. The molecular weight excluding hydrogens is 270 g/mol. The second-order valence-electron chi connectivity index (χ2n) is 4.72. The third-order valence-electron chi connectivity index (χ3n) is 3.06. The van der Waals surface area contributed by atoms with E-state index in [9.17, 15) is 4.79 Å². The maximum atomic E-state index is 11.8. The van der Waals surface area contributed by atoms with E-state index in [1.165, 1.54) is 0 Å². The molecule has 1 N–H and O–H groups in total. The summed E-state index contributed by atoms with van der Waals surface area (Å²) in [5.74, 6) is 1.40. The van der Waals surface area contributed by atoms with Crippen LogP contribution in [0.1, 0.15) is 23.4 Å². The molecule has 0 radical (unpaired) electrons. The Bertz CT molecular complexity index is 562. The fourth-order valence-electron chi connectivity index (χ4n) is 1.90. The zero-order valence-corrected chi connectivity index (χ0v) is 12.3. The Morgan fingerprint density at radius 1 is 1.43 bits per heavy atom. The van der Waals surface area contributed by atoms with Crippen LogP contribution >= 0.6 is 0 Å². The topological polar surface area (TPSA) is 77.2 Å². The zero-order chi connectivity index (χ0) is 15.1. The van der Waals surface area contributed by atoms with E-state index in [2.05, 4.69) is 15.5 Å². The molecule has 0 aliphatic carbocycles. The van der Waals surface area contributed by atoms with Gasteiger partial charge in [-0.1, -0.05) is 5.16 Å². The van der Waals surface area contributed by atoms with Crippen LogP contribution in [-0.4, -0.2) is 29.2 Å². The number of nitrogens with one attached hydrogen (secondary N) is 1. The number of aromatic nitrogens is 2. The Morgan fingerprint density at radius 2 is 2.29 bits per heavy atom. The van der Waals surface area contributed by atoms with Crippen LogP contribution in [0, 0.1) is 13.8 Å². The first-order valence-corrected chi connectivity index (χ1v) is 6.88. The van der Waals surface area contributed by atoms with Crippen LogP contribution in [0.4, 0.5) is 0 Å². The lowest BCUT2D eigenvalue weighted by Crippen LogP contribution is -2.27. The largest absolute Gasteiger partial charge is 0.492 e. The van der Waals surface area contributed by atoms with Gasteiger partial charge in [0.1, 0.15) is 11.5 Å². The molecule has 0 unspecified atom stereocenters. The highest BCUT2D eigenvalue weighted by molar-refractivity contribution is 5.78. The fourth-order valence-corrected chi connectivity index (χ4v) is 1.90. The quantitative estimate of drug-likeness (QED) is 0.787. The molecule has 0 aliphatic rings. The summed E-state index contributed by atoms with van der Waals surface area (Å²) in [5.41, 5.74) is 1.63. The molecule has 0 spiro atoms. The lowest BCUT2D eigenvalue weighted by molar-refractivity contribution is -0.120. The predicted octanol–water partition coefficient (Wildman–Crippen LogP) is 1.81. The van der Waals surface area contributed by atoms with E-state index in [1.807, 2.05) is 26.0 Å². The van der Waals surface area contributed by atoms with Crippen LogP contribution in [0.15, 0.2) is 29.0 Å². The monoisotopic (exact) mass is 289 g/mol. The van der Waals surface area contributed by atoms with Crippen LogP contribution in [-0.2, 0) is 11.2 Å². The fraction of sp³-hybridized carbons (Fsp3) is 0.400. The first-order chi connectivity index (χ1) is 10.2. The van der Waals surface area contributed by atoms with Crippen molar-refractivity contribution >= 4 is 5.91 Å². The van der Waals surface area contributed by atoms with Gasteiger partial charge in [0.25, 0.3) is 0 Å². The maximum Gasteiger partial charge on any atom is 0.224 e. The molecule has 6 nitrogen and oxygen atoms in total. The third-order valence-corrected chi connectivity index (χ3v) is 3.06. The molecule has 0 atom stereocenters. The van der Waals surface area contributed by atoms with Crippen LogP contribution in [0.5, 0.6) is 5.75 Å². The van der Waals surface area contributed by atoms with Crippen molar-refractivity contribution in [1.82, 2.24) is 15.5 Å². The number of pyridine rings is 1. The Balaban J connectivity index is 1.64. The molecule has 1 amide bonds. The molecule has 0 bridgehead atoms. The Hall–Kier alpha value is -2.37.